The molecule has 0 fully saturated rings. The van der Waals surface area contributed by atoms with Gasteiger partial charge in [-0.2, -0.15) is 0 Å². The Morgan fingerprint density at radius 2 is 1.83 bits per heavy atom. The Labute approximate surface area is 114 Å². The third-order valence-corrected chi connectivity index (χ3v) is 2.12. The molecule has 0 aromatic rings. The maximum Gasteiger partial charge on any atom is 0.0591 e. The minimum atomic E-state index is -0.553. The van der Waals surface area contributed by atoms with Gasteiger partial charge in [0, 0.05) is 0 Å². The van der Waals surface area contributed by atoms with Crippen molar-refractivity contribution in [1.29, 1.82) is 0 Å². The van der Waals surface area contributed by atoms with Crippen molar-refractivity contribution in [3.05, 3.63) is 48.6 Å². The second-order valence-electron chi connectivity index (χ2n) is 4.80. The minimum absolute atomic E-state index is 0.553. The molecule has 0 aromatic heterocycles. The van der Waals surface area contributed by atoms with Crippen LogP contribution in [0, 0.1) is 0 Å². The van der Waals surface area contributed by atoms with Gasteiger partial charge >= 0.3 is 0 Å². The molecular formula is C17H30O. The number of hydrogen-bond acceptors (Lipinski definition) is 1. The second-order valence-corrected chi connectivity index (χ2v) is 4.80. The normalized spacial score (nSPS) is 12.0. The number of rotatable bonds is 7. The molecule has 1 N–H and O–H groups in total. The van der Waals surface area contributed by atoms with Crippen LogP contribution in [0.2, 0.25) is 0 Å². The van der Waals surface area contributed by atoms with E-state index in [2.05, 4.69) is 19.2 Å². The molecular weight excluding hydrogens is 220 g/mol. The number of aliphatic hydroxyl groups is 1. The van der Waals surface area contributed by atoms with E-state index in [0.717, 1.165) is 30.4 Å². The summed E-state index contributed by atoms with van der Waals surface area (Å²) in [6, 6.07) is 0. The Kier molecular flexibility index (Phi) is 11.8. The summed E-state index contributed by atoms with van der Waals surface area (Å²) >= 11 is 0. The predicted octanol–water partition coefficient (Wildman–Crippen LogP) is 5.20. The first kappa shape index (κ1) is 19.3. The summed E-state index contributed by atoms with van der Waals surface area (Å²) in [6.07, 6.45) is 10.8. The van der Waals surface area contributed by atoms with E-state index in [1.807, 2.05) is 52.8 Å². The van der Waals surface area contributed by atoms with Crippen LogP contribution in [0.5, 0.6) is 0 Å². The molecule has 0 aliphatic rings. The van der Waals surface area contributed by atoms with E-state index < -0.39 is 5.60 Å². The predicted molar refractivity (Wildman–Crippen MR) is 83.7 cm³/mol. The second kappa shape index (κ2) is 11.0. The fourth-order valence-electron chi connectivity index (χ4n) is 1.33. The topological polar surface area (TPSA) is 20.2 Å². The molecule has 0 amide bonds. The Balaban J connectivity index is 0. The maximum atomic E-state index is 9.53. The van der Waals surface area contributed by atoms with Gasteiger partial charge in [-0.15, -0.1) is 0 Å². The van der Waals surface area contributed by atoms with E-state index in [0.29, 0.717) is 0 Å². The first-order valence-electron chi connectivity index (χ1n) is 6.74. The van der Waals surface area contributed by atoms with Crippen molar-refractivity contribution in [2.45, 2.75) is 59.5 Å². The monoisotopic (exact) mass is 250 g/mol. The SMILES string of the molecule is C=CC(/C=C/CCCC(C)(C)O)=C\C(=C)C.CC. The number of allylic oxidation sites excluding steroid dienone is 6. The molecule has 104 valence electrons. The summed E-state index contributed by atoms with van der Waals surface area (Å²) in [6.45, 7) is 17.2. The van der Waals surface area contributed by atoms with Crippen molar-refractivity contribution in [2.75, 3.05) is 0 Å². The van der Waals surface area contributed by atoms with Crippen molar-refractivity contribution in [2.24, 2.45) is 0 Å². The zero-order valence-corrected chi connectivity index (χ0v) is 12.8. The Morgan fingerprint density at radius 1 is 1.28 bits per heavy atom. The van der Waals surface area contributed by atoms with Gasteiger partial charge in [0.1, 0.15) is 0 Å². The molecule has 0 unspecified atom stereocenters. The Hall–Kier alpha value is -1.08. The molecule has 0 aliphatic carbocycles. The molecule has 0 bridgehead atoms. The van der Waals surface area contributed by atoms with Gasteiger partial charge in [0.2, 0.25) is 0 Å². The van der Waals surface area contributed by atoms with Gasteiger partial charge in [-0.05, 0) is 45.6 Å². The summed E-state index contributed by atoms with van der Waals surface area (Å²) in [5, 5.41) is 9.53. The molecule has 0 spiro atoms. The van der Waals surface area contributed by atoms with Gasteiger partial charge in [-0.3, -0.25) is 0 Å². The van der Waals surface area contributed by atoms with Crippen molar-refractivity contribution < 1.29 is 5.11 Å². The summed E-state index contributed by atoms with van der Waals surface area (Å²) in [7, 11) is 0. The van der Waals surface area contributed by atoms with Crippen LogP contribution in [0.25, 0.3) is 0 Å². The third-order valence-electron chi connectivity index (χ3n) is 2.12. The molecule has 0 saturated heterocycles. The Bertz CT molecular complexity index is 287. The summed E-state index contributed by atoms with van der Waals surface area (Å²) in [5.41, 5.74) is 1.55. The Morgan fingerprint density at radius 3 is 2.22 bits per heavy atom. The van der Waals surface area contributed by atoms with Crippen LogP contribution >= 0.6 is 0 Å². The smallest absolute Gasteiger partial charge is 0.0591 e. The van der Waals surface area contributed by atoms with Crippen LogP contribution in [0.1, 0.15) is 53.9 Å². The van der Waals surface area contributed by atoms with E-state index in [-0.39, 0.29) is 0 Å². The lowest BCUT2D eigenvalue weighted by Crippen LogP contribution is -2.17. The third kappa shape index (κ3) is 14.9. The first-order valence-corrected chi connectivity index (χ1v) is 6.74. The summed E-state index contributed by atoms with van der Waals surface area (Å²) in [4.78, 5) is 0. The first-order chi connectivity index (χ1) is 8.35. The number of unbranched alkanes of at least 4 members (excludes halogenated alkanes) is 1. The van der Waals surface area contributed by atoms with Gasteiger partial charge in [0.25, 0.3) is 0 Å². The van der Waals surface area contributed by atoms with E-state index in [1.165, 1.54) is 0 Å². The lowest BCUT2D eigenvalue weighted by molar-refractivity contribution is 0.0691. The van der Waals surface area contributed by atoms with Crippen molar-refractivity contribution in [3.63, 3.8) is 0 Å². The molecule has 0 rings (SSSR count). The largest absolute Gasteiger partial charge is 0.390 e. The molecule has 0 aliphatic heterocycles. The summed E-state index contributed by atoms with van der Waals surface area (Å²) in [5.74, 6) is 0. The lowest BCUT2D eigenvalue weighted by Gasteiger charge is -2.15. The molecule has 0 atom stereocenters. The van der Waals surface area contributed by atoms with Gasteiger partial charge in [0.05, 0.1) is 5.60 Å². The molecule has 0 radical (unpaired) electrons. The van der Waals surface area contributed by atoms with Crippen LogP contribution in [0.3, 0.4) is 0 Å². The van der Waals surface area contributed by atoms with E-state index in [9.17, 15) is 5.11 Å². The lowest BCUT2D eigenvalue weighted by atomic mass is 10.0. The molecule has 0 heterocycles. The van der Waals surface area contributed by atoms with Gasteiger partial charge in [-0.1, -0.05) is 56.9 Å². The molecule has 0 saturated carbocycles. The van der Waals surface area contributed by atoms with Crippen LogP contribution in [-0.4, -0.2) is 10.7 Å². The molecule has 1 heteroatoms. The van der Waals surface area contributed by atoms with Gasteiger partial charge in [-0.25, -0.2) is 0 Å². The van der Waals surface area contributed by atoms with E-state index in [1.54, 1.807) is 0 Å². The number of hydrogen-bond donors (Lipinski definition) is 1. The van der Waals surface area contributed by atoms with E-state index >= 15 is 0 Å². The van der Waals surface area contributed by atoms with Crippen molar-refractivity contribution in [3.8, 4) is 0 Å². The fraction of sp³-hybridized carbons (Fsp3) is 0.529. The quantitative estimate of drug-likeness (QED) is 0.486. The highest BCUT2D eigenvalue weighted by molar-refractivity contribution is 5.34. The van der Waals surface area contributed by atoms with Crippen molar-refractivity contribution >= 4 is 0 Å². The fourth-order valence-corrected chi connectivity index (χ4v) is 1.33. The summed E-state index contributed by atoms with van der Waals surface area (Å²) < 4.78 is 0. The standard InChI is InChI=1S/C15H24O.C2H6/c1-6-14(12-13(2)3)10-8-7-9-11-15(4,5)16;1-2/h6,8,10,12,16H,1-2,7,9,11H2,3-5H3;1-2H3/b10-8+,14-12+;. The highest BCUT2D eigenvalue weighted by Gasteiger charge is 2.10. The average molecular weight is 250 g/mol. The maximum absolute atomic E-state index is 9.53. The van der Waals surface area contributed by atoms with Gasteiger partial charge in [0.15, 0.2) is 0 Å². The molecule has 0 aromatic carbocycles. The zero-order chi connectivity index (χ0) is 14.6. The van der Waals surface area contributed by atoms with Gasteiger partial charge < -0.3 is 5.11 Å². The van der Waals surface area contributed by atoms with Crippen LogP contribution < -0.4 is 0 Å². The molecule has 18 heavy (non-hydrogen) atoms. The highest BCUT2D eigenvalue weighted by Crippen LogP contribution is 2.12. The zero-order valence-electron chi connectivity index (χ0n) is 12.8. The minimum Gasteiger partial charge on any atom is -0.390 e. The highest BCUT2D eigenvalue weighted by atomic mass is 16.3. The van der Waals surface area contributed by atoms with E-state index in [4.69, 9.17) is 0 Å². The molecule has 1 nitrogen and oxygen atoms in total. The van der Waals surface area contributed by atoms with Crippen LogP contribution in [0.15, 0.2) is 48.6 Å². The van der Waals surface area contributed by atoms with Crippen LogP contribution in [0.4, 0.5) is 0 Å². The average Bonchev–Trinajstić information content (AvgIpc) is 2.27. The van der Waals surface area contributed by atoms with Crippen molar-refractivity contribution in [1.82, 2.24) is 0 Å². The van der Waals surface area contributed by atoms with Crippen LogP contribution in [-0.2, 0) is 0 Å².